The molecule has 1 heterocycles. The molecule has 7 nitrogen and oxygen atoms in total. The van der Waals surface area contributed by atoms with Crippen LogP contribution in [0.4, 0.5) is 0 Å². The van der Waals surface area contributed by atoms with Crippen LogP contribution in [0, 0.1) is 0 Å². The number of hydrogen-bond donors (Lipinski definition) is 3. The van der Waals surface area contributed by atoms with Gasteiger partial charge in [0, 0.05) is 25.7 Å². The van der Waals surface area contributed by atoms with Gasteiger partial charge >= 0.3 is 0 Å². The van der Waals surface area contributed by atoms with Gasteiger partial charge in [-0.2, -0.15) is 0 Å². The van der Waals surface area contributed by atoms with Crippen molar-refractivity contribution in [2.24, 2.45) is 4.99 Å². The molecule has 0 spiro atoms. The third-order valence-corrected chi connectivity index (χ3v) is 6.61. The first-order valence-electron chi connectivity index (χ1n) is 9.94. The van der Waals surface area contributed by atoms with Gasteiger partial charge in [0.25, 0.3) is 0 Å². The van der Waals surface area contributed by atoms with E-state index in [1.807, 2.05) is 24.3 Å². The summed E-state index contributed by atoms with van der Waals surface area (Å²) in [5.74, 6) is 0.762. The summed E-state index contributed by atoms with van der Waals surface area (Å²) in [5.41, 5.74) is 1.92. The maximum absolute atomic E-state index is 11.6. The van der Waals surface area contributed by atoms with Crippen LogP contribution >= 0.6 is 24.0 Å². The molecule has 1 aliphatic rings. The number of likely N-dealkylation sites (tertiary alicyclic amines) is 1. The summed E-state index contributed by atoms with van der Waals surface area (Å²) in [6.07, 6.45) is 3.90. The van der Waals surface area contributed by atoms with Crippen LogP contribution in [0.15, 0.2) is 29.3 Å². The Kier molecular flexibility index (Phi) is 10.9. The van der Waals surface area contributed by atoms with E-state index >= 15 is 0 Å². The second-order valence-electron chi connectivity index (χ2n) is 7.92. The van der Waals surface area contributed by atoms with E-state index in [0.29, 0.717) is 6.54 Å². The van der Waals surface area contributed by atoms with Gasteiger partial charge in [-0.3, -0.25) is 9.89 Å². The maximum atomic E-state index is 11.6. The van der Waals surface area contributed by atoms with Gasteiger partial charge < -0.3 is 10.6 Å². The SMILES string of the molecule is CN=C(NCc1ccc(CS(=O)(=O)NC)cc1)NCC(C)(C)N1CCCCC1.I. The molecule has 0 unspecified atom stereocenters. The van der Waals surface area contributed by atoms with Gasteiger partial charge in [0.15, 0.2) is 5.96 Å². The molecule has 1 aliphatic heterocycles. The van der Waals surface area contributed by atoms with E-state index < -0.39 is 10.0 Å². The summed E-state index contributed by atoms with van der Waals surface area (Å²) in [5, 5.41) is 6.77. The lowest BCUT2D eigenvalue weighted by Gasteiger charge is -2.41. The Hall–Kier alpha value is -0.910. The lowest BCUT2D eigenvalue weighted by molar-refractivity contribution is 0.0982. The van der Waals surface area contributed by atoms with Crippen molar-refractivity contribution in [2.45, 2.75) is 50.9 Å². The molecule has 2 rings (SSSR count). The van der Waals surface area contributed by atoms with E-state index in [1.165, 1.54) is 26.3 Å². The number of nitrogens with zero attached hydrogens (tertiary/aromatic N) is 2. The summed E-state index contributed by atoms with van der Waals surface area (Å²) in [6.45, 7) is 8.33. The summed E-state index contributed by atoms with van der Waals surface area (Å²) in [6, 6.07) is 7.58. The van der Waals surface area contributed by atoms with Crippen LogP contribution in [0.1, 0.15) is 44.2 Å². The fraction of sp³-hybridized carbons (Fsp3) is 0.650. The molecule has 0 amide bonds. The van der Waals surface area contributed by atoms with Crippen molar-refractivity contribution in [1.82, 2.24) is 20.3 Å². The minimum Gasteiger partial charge on any atom is -0.355 e. The van der Waals surface area contributed by atoms with Crippen LogP contribution in [0.5, 0.6) is 0 Å². The topological polar surface area (TPSA) is 85.8 Å². The number of piperidine rings is 1. The van der Waals surface area contributed by atoms with Crippen molar-refractivity contribution in [3.05, 3.63) is 35.4 Å². The predicted molar refractivity (Wildman–Crippen MR) is 131 cm³/mol. The summed E-state index contributed by atoms with van der Waals surface area (Å²) in [7, 11) is -0.0425. The van der Waals surface area contributed by atoms with Crippen molar-refractivity contribution >= 4 is 40.0 Å². The Bertz CT molecular complexity index is 745. The molecule has 1 aromatic carbocycles. The molecule has 1 saturated heterocycles. The van der Waals surface area contributed by atoms with Gasteiger partial charge in [-0.15, -0.1) is 24.0 Å². The largest absolute Gasteiger partial charge is 0.355 e. The fourth-order valence-electron chi connectivity index (χ4n) is 3.36. The molecule has 9 heteroatoms. The van der Waals surface area contributed by atoms with Crippen molar-refractivity contribution in [3.8, 4) is 0 Å². The minimum absolute atomic E-state index is 0. The average Bonchev–Trinajstić information content (AvgIpc) is 2.70. The van der Waals surface area contributed by atoms with Gasteiger partial charge in [-0.25, -0.2) is 13.1 Å². The van der Waals surface area contributed by atoms with E-state index in [9.17, 15) is 8.42 Å². The molecule has 0 bridgehead atoms. The summed E-state index contributed by atoms with van der Waals surface area (Å²) in [4.78, 5) is 6.87. The Morgan fingerprint density at radius 1 is 1.07 bits per heavy atom. The molecule has 3 N–H and O–H groups in total. The third-order valence-electron chi connectivity index (χ3n) is 5.27. The smallest absolute Gasteiger partial charge is 0.215 e. The Morgan fingerprint density at radius 2 is 1.66 bits per heavy atom. The van der Waals surface area contributed by atoms with Crippen molar-refractivity contribution in [3.63, 3.8) is 0 Å². The molecular weight excluding hydrogens is 501 g/mol. The van der Waals surface area contributed by atoms with Gasteiger partial charge in [0.1, 0.15) is 0 Å². The molecule has 0 radical (unpaired) electrons. The van der Waals surface area contributed by atoms with Crippen LogP contribution in [0.2, 0.25) is 0 Å². The highest BCUT2D eigenvalue weighted by Gasteiger charge is 2.27. The van der Waals surface area contributed by atoms with Gasteiger partial charge in [0.05, 0.1) is 5.75 Å². The number of benzene rings is 1. The number of rotatable bonds is 8. The second kappa shape index (κ2) is 12.1. The van der Waals surface area contributed by atoms with Crippen molar-refractivity contribution < 1.29 is 8.42 Å². The van der Waals surface area contributed by atoms with Crippen LogP contribution < -0.4 is 15.4 Å². The Labute approximate surface area is 193 Å². The molecule has 166 valence electrons. The van der Waals surface area contributed by atoms with Crippen molar-refractivity contribution in [2.75, 3.05) is 33.7 Å². The highest BCUT2D eigenvalue weighted by Crippen LogP contribution is 2.19. The maximum Gasteiger partial charge on any atom is 0.215 e. The van der Waals surface area contributed by atoms with E-state index in [-0.39, 0.29) is 35.3 Å². The van der Waals surface area contributed by atoms with Gasteiger partial charge in [-0.05, 0) is 58.0 Å². The molecule has 1 aromatic rings. The molecule has 0 saturated carbocycles. The third kappa shape index (κ3) is 8.77. The number of nitrogens with one attached hydrogen (secondary N) is 3. The zero-order valence-electron chi connectivity index (χ0n) is 18.0. The normalized spacial score (nSPS) is 16.2. The van der Waals surface area contributed by atoms with Crippen LogP contribution in [0.3, 0.4) is 0 Å². The summed E-state index contributed by atoms with van der Waals surface area (Å²) < 4.78 is 25.6. The molecular formula is C20H36IN5O2S. The quantitative estimate of drug-likeness (QED) is 0.269. The lowest BCUT2D eigenvalue weighted by Crippen LogP contribution is -2.54. The average molecular weight is 538 g/mol. The first-order chi connectivity index (χ1) is 13.3. The van der Waals surface area contributed by atoms with Crippen LogP contribution in [-0.4, -0.2) is 58.5 Å². The number of halogens is 1. The highest BCUT2D eigenvalue weighted by atomic mass is 127. The number of aliphatic imine (C=N–C) groups is 1. The first-order valence-corrected chi connectivity index (χ1v) is 11.6. The molecule has 0 atom stereocenters. The van der Waals surface area contributed by atoms with Crippen LogP contribution in [-0.2, 0) is 22.3 Å². The highest BCUT2D eigenvalue weighted by molar-refractivity contribution is 14.0. The minimum atomic E-state index is -3.24. The Morgan fingerprint density at radius 3 is 2.21 bits per heavy atom. The van der Waals surface area contributed by atoms with Crippen molar-refractivity contribution in [1.29, 1.82) is 0 Å². The number of sulfonamides is 1. The zero-order chi connectivity index (χ0) is 20.6. The zero-order valence-corrected chi connectivity index (χ0v) is 21.1. The van der Waals surface area contributed by atoms with Crippen LogP contribution in [0.25, 0.3) is 0 Å². The number of hydrogen-bond acceptors (Lipinski definition) is 4. The molecule has 0 aliphatic carbocycles. The molecule has 0 aromatic heterocycles. The monoisotopic (exact) mass is 537 g/mol. The van der Waals surface area contributed by atoms with E-state index in [0.717, 1.165) is 36.7 Å². The van der Waals surface area contributed by atoms with E-state index in [4.69, 9.17) is 0 Å². The summed E-state index contributed by atoms with van der Waals surface area (Å²) >= 11 is 0. The van der Waals surface area contributed by atoms with E-state index in [1.54, 1.807) is 7.05 Å². The fourth-order valence-corrected chi connectivity index (χ4v) is 4.14. The Balaban J connectivity index is 0.00000420. The standard InChI is InChI=1S/C20H35N5O2S.HI/c1-20(2,25-12-6-5-7-13-25)16-24-19(21-3)23-14-17-8-10-18(11-9-17)15-28(26,27)22-4;/h8-11,22H,5-7,12-16H2,1-4H3,(H2,21,23,24);1H. The molecule has 1 fully saturated rings. The first kappa shape index (κ1) is 26.1. The second-order valence-corrected chi connectivity index (χ2v) is 9.85. The van der Waals surface area contributed by atoms with E-state index in [2.05, 4.69) is 39.1 Å². The molecule has 29 heavy (non-hydrogen) atoms. The predicted octanol–water partition coefficient (Wildman–Crippen LogP) is 2.28. The number of guanidine groups is 1. The van der Waals surface area contributed by atoms with Gasteiger partial charge in [0.2, 0.25) is 10.0 Å². The van der Waals surface area contributed by atoms with Gasteiger partial charge in [-0.1, -0.05) is 30.7 Å². The lowest BCUT2D eigenvalue weighted by atomic mass is 9.98.